The van der Waals surface area contributed by atoms with E-state index in [9.17, 15) is 9.18 Å². The number of thiophene rings is 1. The van der Waals surface area contributed by atoms with Gasteiger partial charge in [0.25, 0.3) is 5.91 Å². The Morgan fingerprint density at radius 3 is 2.46 bits per heavy atom. The van der Waals surface area contributed by atoms with Crippen LogP contribution in [0.1, 0.15) is 9.67 Å². The van der Waals surface area contributed by atoms with E-state index >= 15 is 0 Å². The minimum Gasteiger partial charge on any atom is -0.378 e. The van der Waals surface area contributed by atoms with Gasteiger partial charge in [0.05, 0.1) is 18.1 Å². The number of benzene rings is 2. The third-order valence-corrected chi connectivity index (χ3v) is 5.31. The van der Waals surface area contributed by atoms with Gasteiger partial charge in [-0.15, -0.1) is 11.3 Å². The lowest BCUT2D eigenvalue weighted by Gasteiger charge is -2.26. The Labute approximate surface area is 143 Å². The first kappa shape index (κ1) is 15.3. The molecule has 0 N–H and O–H groups in total. The number of hydrogen-bond acceptors (Lipinski definition) is 3. The smallest absolute Gasteiger partial charge is 0.264 e. The van der Waals surface area contributed by atoms with E-state index < -0.39 is 0 Å². The molecule has 0 saturated carbocycles. The molecule has 1 aromatic heterocycles. The summed E-state index contributed by atoms with van der Waals surface area (Å²) in [5.41, 5.74) is 1.98. The van der Waals surface area contributed by atoms with Crippen LogP contribution in [0, 0.1) is 5.82 Å². The second-order valence-corrected chi connectivity index (χ2v) is 6.86. The minimum atomic E-state index is -0.242. The van der Waals surface area contributed by atoms with Gasteiger partial charge < -0.3 is 9.64 Å². The van der Waals surface area contributed by atoms with Crippen LogP contribution in [-0.2, 0) is 4.74 Å². The van der Waals surface area contributed by atoms with Crippen LogP contribution in [0.25, 0.3) is 21.2 Å². The zero-order chi connectivity index (χ0) is 16.5. The van der Waals surface area contributed by atoms with Gasteiger partial charge in [0.2, 0.25) is 0 Å². The third kappa shape index (κ3) is 2.92. The van der Waals surface area contributed by atoms with E-state index in [4.69, 9.17) is 4.74 Å². The van der Waals surface area contributed by atoms with Crippen LogP contribution >= 0.6 is 11.3 Å². The lowest BCUT2D eigenvalue weighted by molar-refractivity contribution is 0.0306. The molecule has 122 valence electrons. The van der Waals surface area contributed by atoms with E-state index in [1.807, 2.05) is 23.1 Å². The van der Waals surface area contributed by atoms with Gasteiger partial charge in [0, 0.05) is 17.8 Å². The Kier molecular flexibility index (Phi) is 4.04. The molecule has 24 heavy (non-hydrogen) atoms. The molecule has 1 fully saturated rings. The monoisotopic (exact) mass is 341 g/mol. The van der Waals surface area contributed by atoms with E-state index in [0.717, 1.165) is 26.1 Å². The molecule has 0 bridgehead atoms. The second-order valence-electron chi connectivity index (χ2n) is 5.77. The first-order valence-corrected chi connectivity index (χ1v) is 8.69. The Hall–Kier alpha value is -2.24. The summed E-state index contributed by atoms with van der Waals surface area (Å²) < 4.78 is 19.5. The molecule has 2 aromatic carbocycles. The minimum absolute atomic E-state index is 0.0721. The molecular formula is C19H16FNO2S. The zero-order valence-corrected chi connectivity index (χ0v) is 13.8. The van der Waals surface area contributed by atoms with Gasteiger partial charge in [-0.3, -0.25) is 4.79 Å². The molecule has 0 aliphatic carbocycles. The normalized spacial score (nSPS) is 15.0. The average Bonchev–Trinajstić information content (AvgIpc) is 3.05. The molecular weight excluding hydrogens is 325 g/mol. The average molecular weight is 341 g/mol. The molecule has 1 aliphatic rings. The molecule has 1 aliphatic heterocycles. The van der Waals surface area contributed by atoms with Crippen molar-refractivity contribution in [2.75, 3.05) is 26.3 Å². The predicted molar refractivity (Wildman–Crippen MR) is 93.9 cm³/mol. The van der Waals surface area contributed by atoms with Crippen LogP contribution in [0.15, 0.2) is 48.5 Å². The predicted octanol–water partition coefficient (Wildman–Crippen LogP) is 4.18. The zero-order valence-electron chi connectivity index (χ0n) is 13.0. The van der Waals surface area contributed by atoms with Crippen molar-refractivity contribution in [3.05, 3.63) is 59.2 Å². The van der Waals surface area contributed by atoms with Crippen molar-refractivity contribution >= 4 is 27.3 Å². The molecule has 3 nitrogen and oxygen atoms in total. The van der Waals surface area contributed by atoms with Crippen molar-refractivity contribution in [3.63, 3.8) is 0 Å². The maximum atomic E-state index is 13.1. The first-order chi connectivity index (χ1) is 11.7. The van der Waals surface area contributed by atoms with Crippen LogP contribution in [0.5, 0.6) is 0 Å². The third-order valence-electron chi connectivity index (χ3n) is 4.20. The summed E-state index contributed by atoms with van der Waals surface area (Å²) >= 11 is 1.51. The topological polar surface area (TPSA) is 29.5 Å². The lowest BCUT2D eigenvalue weighted by atomic mass is 10.0. The van der Waals surface area contributed by atoms with E-state index in [1.54, 1.807) is 12.1 Å². The van der Waals surface area contributed by atoms with Gasteiger partial charge in [-0.25, -0.2) is 4.39 Å². The fourth-order valence-electron chi connectivity index (χ4n) is 2.89. The fourth-order valence-corrected chi connectivity index (χ4v) is 3.90. The van der Waals surface area contributed by atoms with Crippen molar-refractivity contribution in [3.8, 4) is 11.1 Å². The number of carbonyl (C=O) groups is 1. The van der Waals surface area contributed by atoms with Gasteiger partial charge in [0.15, 0.2) is 0 Å². The maximum absolute atomic E-state index is 13.1. The van der Waals surface area contributed by atoms with Crippen molar-refractivity contribution in [1.82, 2.24) is 4.90 Å². The Bertz CT molecular complexity index is 882. The van der Waals surface area contributed by atoms with Crippen molar-refractivity contribution in [1.29, 1.82) is 0 Å². The van der Waals surface area contributed by atoms with Gasteiger partial charge in [-0.1, -0.05) is 18.2 Å². The van der Waals surface area contributed by atoms with Gasteiger partial charge >= 0.3 is 0 Å². The molecule has 0 unspecified atom stereocenters. The fraction of sp³-hybridized carbons (Fsp3) is 0.211. The number of nitrogens with zero attached hydrogens (tertiary/aromatic N) is 1. The molecule has 1 amide bonds. The summed E-state index contributed by atoms with van der Waals surface area (Å²) in [4.78, 5) is 15.2. The summed E-state index contributed by atoms with van der Waals surface area (Å²) in [6.07, 6.45) is 0. The van der Waals surface area contributed by atoms with E-state index in [-0.39, 0.29) is 11.7 Å². The molecule has 1 saturated heterocycles. The van der Waals surface area contributed by atoms with Crippen LogP contribution in [-0.4, -0.2) is 37.1 Å². The number of morpholine rings is 1. The summed E-state index contributed by atoms with van der Waals surface area (Å²) in [5.74, 6) is -0.170. The molecule has 3 aromatic rings. The standard InChI is InChI=1S/C19H16FNO2S/c20-16-4-1-13(2-5-16)14-3-6-17-15(11-14)12-18(24-17)19(22)21-7-9-23-10-8-21/h1-6,11-12H,7-10H2. The summed E-state index contributed by atoms with van der Waals surface area (Å²) in [6.45, 7) is 2.50. The van der Waals surface area contributed by atoms with Crippen molar-refractivity contribution in [2.45, 2.75) is 0 Å². The number of fused-ring (bicyclic) bond motifs is 1. The number of rotatable bonds is 2. The number of carbonyl (C=O) groups excluding carboxylic acids is 1. The van der Waals surface area contributed by atoms with E-state index in [1.165, 1.54) is 23.5 Å². The lowest BCUT2D eigenvalue weighted by Crippen LogP contribution is -2.40. The number of amides is 1. The van der Waals surface area contributed by atoms with Crippen LogP contribution in [0.4, 0.5) is 4.39 Å². The highest BCUT2D eigenvalue weighted by Crippen LogP contribution is 2.31. The molecule has 2 heterocycles. The molecule has 0 radical (unpaired) electrons. The number of ether oxygens (including phenoxy) is 1. The Morgan fingerprint density at radius 1 is 1.00 bits per heavy atom. The number of halogens is 1. The molecule has 0 spiro atoms. The molecule has 4 rings (SSSR count). The van der Waals surface area contributed by atoms with Gasteiger partial charge in [-0.2, -0.15) is 0 Å². The maximum Gasteiger partial charge on any atom is 0.264 e. The Morgan fingerprint density at radius 2 is 1.71 bits per heavy atom. The van der Waals surface area contributed by atoms with Crippen molar-refractivity contribution < 1.29 is 13.9 Å². The summed E-state index contributed by atoms with van der Waals surface area (Å²) in [5, 5.41) is 1.04. The number of hydrogen-bond donors (Lipinski definition) is 0. The highest BCUT2D eigenvalue weighted by Gasteiger charge is 2.20. The SMILES string of the molecule is O=C(c1cc2cc(-c3ccc(F)cc3)ccc2s1)N1CCOCC1. The highest BCUT2D eigenvalue weighted by atomic mass is 32.1. The van der Waals surface area contributed by atoms with Crippen LogP contribution in [0.3, 0.4) is 0 Å². The van der Waals surface area contributed by atoms with Crippen LogP contribution < -0.4 is 0 Å². The van der Waals surface area contributed by atoms with Crippen molar-refractivity contribution in [2.24, 2.45) is 0 Å². The largest absolute Gasteiger partial charge is 0.378 e. The van der Waals surface area contributed by atoms with E-state index in [2.05, 4.69) is 6.07 Å². The quantitative estimate of drug-likeness (QED) is 0.700. The molecule has 0 atom stereocenters. The summed E-state index contributed by atoms with van der Waals surface area (Å²) in [6, 6.07) is 14.5. The highest BCUT2D eigenvalue weighted by molar-refractivity contribution is 7.20. The first-order valence-electron chi connectivity index (χ1n) is 7.87. The van der Waals surface area contributed by atoms with Gasteiger partial charge in [-0.05, 0) is 46.8 Å². The summed E-state index contributed by atoms with van der Waals surface area (Å²) in [7, 11) is 0. The Balaban J connectivity index is 1.65. The second kappa shape index (κ2) is 6.34. The van der Waals surface area contributed by atoms with E-state index in [0.29, 0.717) is 26.3 Å². The van der Waals surface area contributed by atoms with Crippen LogP contribution in [0.2, 0.25) is 0 Å². The van der Waals surface area contributed by atoms with Gasteiger partial charge in [0.1, 0.15) is 5.82 Å². The molecule has 5 heteroatoms.